The van der Waals surface area contributed by atoms with Gasteiger partial charge in [0, 0.05) is 16.4 Å². The summed E-state index contributed by atoms with van der Waals surface area (Å²) in [5.74, 6) is 0. The van der Waals surface area contributed by atoms with Gasteiger partial charge in [0.1, 0.15) is 0 Å². The Morgan fingerprint density at radius 2 is 2.09 bits per heavy atom. The monoisotopic (exact) mass is 213 g/mol. The lowest BCUT2D eigenvalue weighted by atomic mass is 10.1. The Morgan fingerprint density at radius 3 is 2.55 bits per heavy atom. The summed E-state index contributed by atoms with van der Waals surface area (Å²) < 4.78 is 1.13. The third kappa shape index (κ3) is 1.62. The number of nitrogens with zero attached hydrogens (tertiary/aromatic N) is 1. The van der Waals surface area contributed by atoms with Gasteiger partial charge < -0.3 is 0 Å². The van der Waals surface area contributed by atoms with Crippen LogP contribution in [-0.4, -0.2) is 4.98 Å². The molecule has 0 aromatic carbocycles. The highest BCUT2D eigenvalue weighted by Gasteiger charge is 2.03. The van der Waals surface area contributed by atoms with Crippen molar-refractivity contribution in [1.82, 2.24) is 4.98 Å². The average molecular weight is 214 g/mol. The van der Waals surface area contributed by atoms with E-state index in [-0.39, 0.29) is 0 Å². The van der Waals surface area contributed by atoms with E-state index in [9.17, 15) is 0 Å². The molecule has 0 aliphatic rings. The van der Waals surface area contributed by atoms with Gasteiger partial charge in [-0.05, 0) is 47.3 Å². The zero-order valence-electron chi connectivity index (χ0n) is 7.11. The Bertz CT molecular complexity index is 269. The van der Waals surface area contributed by atoms with E-state index in [1.165, 1.54) is 11.1 Å². The SMILES string of the molecule is CCc1c(Br)cnc(C)c1C. The number of rotatable bonds is 1. The zero-order chi connectivity index (χ0) is 8.43. The Kier molecular flexibility index (Phi) is 2.66. The van der Waals surface area contributed by atoms with Gasteiger partial charge >= 0.3 is 0 Å². The quantitative estimate of drug-likeness (QED) is 0.700. The summed E-state index contributed by atoms with van der Waals surface area (Å²) in [6.45, 7) is 6.32. The third-order valence-corrected chi connectivity index (χ3v) is 2.69. The second-order valence-corrected chi connectivity index (χ2v) is 3.50. The van der Waals surface area contributed by atoms with Crippen LogP contribution < -0.4 is 0 Å². The molecule has 0 unspecified atom stereocenters. The van der Waals surface area contributed by atoms with E-state index in [1.807, 2.05) is 13.1 Å². The fourth-order valence-corrected chi connectivity index (χ4v) is 1.84. The van der Waals surface area contributed by atoms with Gasteiger partial charge in [0.15, 0.2) is 0 Å². The molecule has 1 rings (SSSR count). The Balaban J connectivity index is 3.29. The molecular formula is C9H12BrN. The summed E-state index contributed by atoms with van der Waals surface area (Å²) in [7, 11) is 0. The largest absolute Gasteiger partial charge is 0.260 e. The summed E-state index contributed by atoms with van der Waals surface area (Å²) in [5.41, 5.74) is 3.81. The van der Waals surface area contributed by atoms with E-state index in [0.717, 1.165) is 16.6 Å². The minimum atomic E-state index is 1.07. The molecule has 0 fully saturated rings. The molecule has 1 nitrogen and oxygen atoms in total. The standard InChI is InChI=1S/C9H12BrN/c1-4-8-6(2)7(3)11-5-9(8)10/h5H,4H2,1-3H3. The smallest absolute Gasteiger partial charge is 0.0416 e. The molecule has 0 saturated carbocycles. The van der Waals surface area contributed by atoms with Crippen LogP contribution in [0.2, 0.25) is 0 Å². The van der Waals surface area contributed by atoms with Crippen molar-refractivity contribution in [3.63, 3.8) is 0 Å². The summed E-state index contributed by atoms with van der Waals surface area (Å²) in [6.07, 6.45) is 2.94. The molecule has 1 heterocycles. The van der Waals surface area contributed by atoms with E-state index < -0.39 is 0 Å². The second kappa shape index (κ2) is 3.35. The first-order valence-corrected chi connectivity index (χ1v) is 4.56. The Labute approximate surface area is 76.0 Å². The molecule has 60 valence electrons. The summed E-state index contributed by atoms with van der Waals surface area (Å²) in [4.78, 5) is 4.24. The van der Waals surface area contributed by atoms with Gasteiger partial charge in [0.2, 0.25) is 0 Å². The minimum absolute atomic E-state index is 1.07. The number of aromatic nitrogens is 1. The molecular weight excluding hydrogens is 202 g/mol. The molecule has 0 saturated heterocycles. The maximum atomic E-state index is 4.24. The highest BCUT2D eigenvalue weighted by Crippen LogP contribution is 2.21. The molecule has 0 aliphatic heterocycles. The predicted octanol–water partition coefficient (Wildman–Crippen LogP) is 3.02. The van der Waals surface area contributed by atoms with Crippen molar-refractivity contribution in [1.29, 1.82) is 0 Å². The van der Waals surface area contributed by atoms with E-state index >= 15 is 0 Å². The van der Waals surface area contributed by atoms with Crippen LogP contribution in [0, 0.1) is 13.8 Å². The fraction of sp³-hybridized carbons (Fsp3) is 0.444. The minimum Gasteiger partial charge on any atom is -0.260 e. The van der Waals surface area contributed by atoms with E-state index in [1.54, 1.807) is 0 Å². The molecule has 0 bridgehead atoms. The van der Waals surface area contributed by atoms with Crippen molar-refractivity contribution in [3.05, 3.63) is 27.5 Å². The van der Waals surface area contributed by atoms with Gasteiger partial charge in [-0.15, -0.1) is 0 Å². The zero-order valence-corrected chi connectivity index (χ0v) is 8.70. The van der Waals surface area contributed by atoms with Crippen LogP contribution in [0.3, 0.4) is 0 Å². The highest BCUT2D eigenvalue weighted by molar-refractivity contribution is 9.10. The van der Waals surface area contributed by atoms with Crippen molar-refractivity contribution in [2.24, 2.45) is 0 Å². The molecule has 1 aromatic rings. The van der Waals surface area contributed by atoms with Gasteiger partial charge in [-0.25, -0.2) is 0 Å². The maximum Gasteiger partial charge on any atom is 0.0416 e. The average Bonchev–Trinajstić information content (AvgIpc) is 1.99. The Morgan fingerprint density at radius 1 is 1.45 bits per heavy atom. The summed E-state index contributed by atoms with van der Waals surface area (Å²) in [6, 6.07) is 0. The summed E-state index contributed by atoms with van der Waals surface area (Å²) in [5, 5.41) is 0. The van der Waals surface area contributed by atoms with Crippen LogP contribution >= 0.6 is 15.9 Å². The van der Waals surface area contributed by atoms with Crippen molar-refractivity contribution in [2.75, 3.05) is 0 Å². The number of pyridine rings is 1. The van der Waals surface area contributed by atoms with Crippen LogP contribution in [0.5, 0.6) is 0 Å². The van der Waals surface area contributed by atoms with E-state index in [2.05, 4.69) is 34.8 Å². The lowest BCUT2D eigenvalue weighted by Crippen LogP contribution is -1.94. The highest BCUT2D eigenvalue weighted by atomic mass is 79.9. The predicted molar refractivity (Wildman–Crippen MR) is 50.8 cm³/mol. The van der Waals surface area contributed by atoms with Crippen molar-refractivity contribution >= 4 is 15.9 Å². The first kappa shape index (κ1) is 8.72. The van der Waals surface area contributed by atoms with Crippen LogP contribution in [-0.2, 0) is 6.42 Å². The van der Waals surface area contributed by atoms with Gasteiger partial charge in [-0.3, -0.25) is 4.98 Å². The fourth-order valence-electron chi connectivity index (χ4n) is 1.16. The summed E-state index contributed by atoms with van der Waals surface area (Å²) >= 11 is 3.48. The molecule has 0 aliphatic carbocycles. The van der Waals surface area contributed by atoms with Gasteiger partial charge in [-0.2, -0.15) is 0 Å². The Hall–Kier alpha value is -0.370. The second-order valence-electron chi connectivity index (χ2n) is 2.65. The number of hydrogen-bond acceptors (Lipinski definition) is 1. The molecule has 11 heavy (non-hydrogen) atoms. The number of hydrogen-bond donors (Lipinski definition) is 0. The van der Waals surface area contributed by atoms with Crippen LogP contribution in [0.25, 0.3) is 0 Å². The van der Waals surface area contributed by atoms with Crippen molar-refractivity contribution in [2.45, 2.75) is 27.2 Å². The van der Waals surface area contributed by atoms with Crippen LogP contribution in [0.1, 0.15) is 23.7 Å². The number of aryl methyl sites for hydroxylation is 1. The molecule has 1 aromatic heterocycles. The van der Waals surface area contributed by atoms with Crippen LogP contribution in [0.15, 0.2) is 10.7 Å². The van der Waals surface area contributed by atoms with Crippen molar-refractivity contribution in [3.8, 4) is 0 Å². The first-order chi connectivity index (χ1) is 5.16. The molecule has 0 N–H and O–H groups in total. The topological polar surface area (TPSA) is 12.9 Å². The molecule has 2 heteroatoms. The van der Waals surface area contributed by atoms with Crippen molar-refractivity contribution < 1.29 is 0 Å². The first-order valence-electron chi connectivity index (χ1n) is 3.77. The van der Waals surface area contributed by atoms with E-state index in [0.29, 0.717) is 0 Å². The lowest BCUT2D eigenvalue weighted by molar-refractivity contribution is 1.03. The van der Waals surface area contributed by atoms with Gasteiger partial charge in [0.25, 0.3) is 0 Å². The molecule has 0 radical (unpaired) electrons. The molecule has 0 spiro atoms. The third-order valence-electron chi connectivity index (χ3n) is 2.01. The van der Waals surface area contributed by atoms with Gasteiger partial charge in [0.05, 0.1) is 0 Å². The molecule has 0 atom stereocenters. The molecule has 0 amide bonds. The van der Waals surface area contributed by atoms with E-state index in [4.69, 9.17) is 0 Å². The lowest BCUT2D eigenvalue weighted by Gasteiger charge is -2.07. The maximum absolute atomic E-state index is 4.24. The number of halogens is 1. The van der Waals surface area contributed by atoms with Crippen LogP contribution in [0.4, 0.5) is 0 Å². The normalized spacial score (nSPS) is 10.2. The van der Waals surface area contributed by atoms with Gasteiger partial charge in [-0.1, -0.05) is 6.92 Å².